The Morgan fingerprint density at radius 3 is 2.65 bits per heavy atom. The number of aryl methyl sites for hydroxylation is 1. The number of nitrogens with one attached hydrogen (secondary N) is 1. The Morgan fingerprint density at radius 1 is 1.29 bits per heavy atom. The van der Waals surface area contributed by atoms with Crippen molar-refractivity contribution >= 4 is 18.2 Å². The van der Waals surface area contributed by atoms with Crippen molar-refractivity contribution in [1.29, 1.82) is 0 Å². The third kappa shape index (κ3) is 3.53. The van der Waals surface area contributed by atoms with Gasteiger partial charge in [-0.2, -0.15) is 0 Å². The van der Waals surface area contributed by atoms with Gasteiger partial charge in [0.05, 0.1) is 0 Å². The molecule has 0 aromatic carbocycles. The summed E-state index contributed by atoms with van der Waals surface area (Å²) in [5, 5.41) is 0. The molecule has 1 aromatic rings. The summed E-state index contributed by atoms with van der Waals surface area (Å²) < 4.78 is 0.714. The van der Waals surface area contributed by atoms with Crippen LogP contribution in [0.3, 0.4) is 0 Å². The van der Waals surface area contributed by atoms with Crippen LogP contribution in [0.2, 0.25) is 0 Å². The smallest absolute Gasteiger partial charge is 0.204 e. The molecule has 0 unspecified atom stereocenters. The molecule has 2 rings (SSSR count). The molecule has 2 heterocycles. The molecule has 1 saturated heterocycles. The highest BCUT2D eigenvalue weighted by Gasteiger charge is 2.12. The second kappa shape index (κ2) is 6.15. The molecule has 1 aliphatic heterocycles. The van der Waals surface area contributed by atoms with E-state index in [0.29, 0.717) is 4.64 Å². The number of H-pyrrole nitrogens is 1. The molecule has 0 atom stereocenters. The molecule has 94 valence electrons. The van der Waals surface area contributed by atoms with Crippen molar-refractivity contribution in [1.82, 2.24) is 9.97 Å². The van der Waals surface area contributed by atoms with Crippen LogP contribution < -0.4 is 4.90 Å². The molecular formula is C13H21N3S. The van der Waals surface area contributed by atoms with Crippen molar-refractivity contribution in [3.63, 3.8) is 0 Å². The first-order chi connectivity index (χ1) is 8.29. The Labute approximate surface area is 108 Å². The van der Waals surface area contributed by atoms with E-state index in [0.717, 1.165) is 31.9 Å². The van der Waals surface area contributed by atoms with Gasteiger partial charge in [0.15, 0.2) is 0 Å². The highest BCUT2D eigenvalue weighted by atomic mass is 32.1. The third-order valence-electron chi connectivity index (χ3n) is 3.21. The van der Waals surface area contributed by atoms with Crippen LogP contribution in [0, 0.1) is 4.64 Å². The van der Waals surface area contributed by atoms with Gasteiger partial charge in [-0.1, -0.05) is 38.4 Å². The first kappa shape index (κ1) is 12.6. The van der Waals surface area contributed by atoms with Gasteiger partial charge in [-0.05, 0) is 25.3 Å². The maximum Gasteiger partial charge on any atom is 0.204 e. The summed E-state index contributed by atoms with van der Waals surface area (Å²) >= 11 is 5.25. The predicted octanol–water partition coefficient (Wildman–Crippen LogP) is 3.47. The van der Waals surface area contributed by atoms with Crippen molar-refractivity contribution in [2.75, 3.05) is 18.0 Å². The van der Waals surface area contributed by atoms with Crippen LogP contribution in [-0.4, -0.2) is 23.1 Å². The lowest BCUT2D eigenvalue weighted by Crippen LogP contribution is -2.26. The van der Waals surface area contributed by atoms with Crippen LogP contribution in [0.15, 0.2) is 6.07 Å². The van der Waals surface area contributed by atoms with E-state index in [2.05, 4.69) is 21.8 Å². The predicted molar refractivity (Wildman–Crippen MR) is 74.1 cm³/mol. The zero-order valence-corrected chi connectivity index (χ0v) is 11.4. The van der Waals surface area contributed by atoms with Crippen LogP contribution in [0.1, 0.15) is 44.7 Å². The minimum absolute atomic E-state index is 0.714. The maximum atomic E-state index is 5.25. The second-order valence-electron chi connectivity index (χ2n) is 4.72. The molecule has 1 N–H and O–H groups in total. The number of hydrogen-bond acceptors (Lipinski definition) is 3. The summed E-state index contributed by atoms with van der Waals surface area (Å²) in [7, 11) is 0. The molecule has 0 amide bonds. The molecule has 1 fully saturated rings. The lowest BCUT2D eigenvalue weighted by molar-refractivity contribution is 0.726. The van der Waals surface area contributed by atoms with Gasteiger partial charge in [0.25, 0.3) is 0 Å². The fraction of sp³-hybridized carbons (Fsp3) is 0.692. The van der Waals surface area contributed by atoms with Crippen molar-refractivity contribution in [3.8, 4) is 0 Å². The molecule has 0 aliphatic carbocycles. The zero-order valence-electron chi connectivity index (χ0n) is 10.5. The summed E-state index contributed by atoms with van der Waals surface area (Å²) in [6.07, 6.45) is 7.39. The monoisotopic (exact) mass is 251 g/mol. The third-order valence-corrected chi connectivity index (χ3v) is 3.42. The summed E-state index contributed by atoms with van der Waals surface area (Å²) in [4.78, 5) is 10.2. The standard InChI is InChI=1S/C13H21N3S/c1-2-7-11-10-12(17)15-13(14-11)16-8-5-3-4-6-9-16/h10H,2-9H2,1H3,(H,14,15,17). The van der Waals surface area contributed by atoms with Crippen molar-refractivity contribution in [2.45, 2.75) is 45.4 Å². The van der Waals surface area contributed by atoms with E-state index in [9.17, 15) is 0 Å². The quantitative estimate of drug-likeness (QED) is 0.835. The van der Waals surface area contributed by atoms with E-state index in [-0.39, 0.29) is 0 Å². The molecule has 0 bridgehead atoms. The van der Waals surface area contributed by atoms with Gasteiger partial charge in [0.1, 0.15) is 4.64 Å². The molecule has 0 spiro atoms. The average molecular weight is 251 g/mol. The summed E-state index contributed by atoms with van der Waals surface area (Å²) in [5.41, 5.74) is 1.21. The minimum atomic E-state index is 0.714. The Balaban J connectivity index is 2.20. The van der Waals surface area contributed by atoms with Crippen LogP contribution in [0.25, 0.3) is 0 Å². The number of anilines is 1. The first-order valence-corrected chi connectivity index (χ1v) is 7.05. The number of nitrogens with zero attached hydrogens (tertiary/aromatic N) is 2. The Morgan fingerprint density at radius 2 is 2.00 bits per heavy atom. The molecular weight excluding hydrogens is 230 g/mol. The van der Waals surface area contributed by atoms with Gasteiger partial charge in [0.2, 0.25) is 5.95 Å². The Kier molecular flexibility index (Phi) is 4.54. The largest absolute Gasteiger partial charge is 0.342 e. The van der Waals surface area contributed by atoms with Gasteiger partial charge in [0, 0.05) is 18.8 Å². The molecule has 17 heavy (non-hydrogen) atoms. The number of aromatic nitrogens is 2. The number of aromatic amines is 1. The van der Waals surface area contributed by atoms with E-state index < -0.39 is 0 Å². The van der Waals surface area contributed by atoms with E-state index in [1.54, 1.807) is 0 Å². The van der Waals surface area contributed by atoms with Crippen LogP contribution >= 0.6 is 12.2 Å². The van der Waals surface area contributed by atoms with Gasteiger partial charge in [-0.15, -0.1) is 0 Å². The SMILES string of the molecule is CCCc1cc(=S)nc(N2CCCCCC2)[nH]1. The van der Waals surface area contributed by atoms with Gasteiger partial charge in [-0.3, -0.25) is 0 Å². The summed E-state index contributed by atoms with van der Waals surface area (Å²) in [6, 6.07) is 1.99. The van der Waals surface area contributed by atoms with Gasteiger partial charge < -0.3 is 9.88 Å². The highest BCUT2D eigenvalue weighted by molar-refractivity contribution is 7.71. The normalized spacial score (nSPS) is 16.9. The maximum absolute atomic E-state index is 5.25. The molecule has 1 aliphatic rings. The van der Waals surface area contributed by atoms with Crippen LogP contribution in [-0.2, 0) is 6.42 Å². The molecule has 1 aromatic heterocycles. The topological polar surface area (TPSA) is 31.9 Å². The number of rotatable bonds is 3. The average Bonchev–Trinajstić information content (AvgIpc) is 2.57. The Hall–Kier alpha value is -0.900. The fourth-order valence-electron chi connectivity index (χ4n) is 2.33. The van der Waals surface area contributed by atoms with Crippen molar-refractivity contribution < 1.29 is 0 Å². The molecule has 0 radical (unpaired) electrons. The number of hydrogen-bond donors (Lipinski definition) is 1. The Bertz CT molecular complexity index is 405. The lowest BCUT2D eigenvalue weighted by Gasteiger charge is -2.21. The molecule has 3 nitrogen and oxygen atoms in total. The summed E-state index contributed by atoms with van der Waals surface area (Å²) in [6.45, 7) is 4.39. The summed E-state index contributed by atoms with van der Waals surface area (Å²) in [5.74, 6) is 0.975. The van der Waals surface area contributed by atoms with E-state index in [4.69, 9.17) is 12.2 Å². The fourth-order valence-corrected chi connectivity index (χ4v) is 2.56. The van der Waals surface area contributed by atoms with Crippen molar-refractivity contribution in [2.24, 2.45) is 0 Å². The molecule has 4 heteroatoms. The van der Waals surface area contributed by atoms with Gasteiger partial charge >= 0.3 is 0 Å². The molecule has 0 saturated carbocycles. The van der Waals surface area contributed by atoms with E-state index in [1.165, 1.54) is 31.4 Å². The van der Waals surface area contributed by atoms with Crippen molar-refractivity contribution in [3.05, 3.63) is 16.4 Å². The minimum Gasteiger partial charge on any atom is -0.342 e. The lowest BCUT2D eigenvalue weighted by atomic mass is 10.2. The van der Waals surface area contributed by atoms with E-state index >= 15 is 0 Å². The van der Waals surface area contributed by atoms with Crippen LogP contribution in [0.4, 0.5) is 5.95 Å². The van der Waals surface area contributed by atoms with E-state index in [1.807, 2.05) is 6.07 Å². The zero-order chi connectivity index (χ0) is 12.1. The first-order valence-electron chi connectivity index (χ1n) is 6.65. The van der Waals surface area contributed by atoms with Crippen LogP contribution in [0.5, 0.6) is 0 Å². The second-order valence-corrected chi connectivity index (χ2v) is 5.14. The van der Waals surface area contributed by atoms with Gasteiger partial charge in [-0.25, -0.2) is 4.98 Å². The highest BCUT2D eigenvalue weighted by Crippen LogP contribution is 2.16.